The Kier molecular flexibility index (Phi) is 6.03. The molecule has 148 valence electrons. The first-order valence-corrected chi connectivity index (χ1v) is 10.4. The van der Waals surface area contributed by atoms with Crippen molar-refractivity contribution < 1.29 is 4.79 Å². The molecule has 2 unspecified atom stereocenters. The maximum Gasteiger partial charge on any atom is 0.237 e. The van der Waals surface area contributed by atoms with Crippen molar-refractivity contribution in [3.05, 3.63) is 66.0 Å². The maximum atomic E-state index is 13.4. The average Bonchev–Trinajstić information content (AvgIpc) is 3.59. The summed E-state index contributed by atoms with van der Waals surface area (Å²) in [5.74, 6) is 0.892. The van der Waals surface area contributed by atoms with Crippen LogP contribution in [0, 0.1) is 5.92 Å². The molecule has 2 heterocycles. The smallest absolute Gasteiger partial charge is 0.237 e. The van der Waals surface area contributed by atoms with Crippen LogP contribution < -0.4 is 5.32 Å². The van der Waals surface area contributed by atoms with Crippen LogP contribution in [0.25, 0.3) is 0 Å². The minimum Gasteiger partial charge on any atom is -0.334 e. The van der Waals surface area contributed by atoms with Gasteiger partial charge in [0.2, 0.25) is 5.91 Å². The Morgan fingerprint density at radius 3 is 2.79 bits per heavy atom. The maximum absolute atomic E-state index is 13.4. The molecule has 1 aromatic carbocycles. The molecule has 1 amide bonds. The minimum absolute atomic E-state index is 0.196. The molecule has 2 aromatic rings. The van der Waals surface area contributed by atoms with Gasteiger partial charge in [0.25, 0.3) is 0 Å². The Morgan fingerprint density at radius 1 is 1.25 bits per heavy atom. The lowest BCUT2D eigenvalue weighted by Crippen LogP contribution is -2.51. The third kappa shape index (κ3) is 4.59. The van der Waals surface area contributed by atoms with Crippen LogP contribution in [0.3, 0.4) is 0 Å². The lowest BCUT2D eigenvalue weighted by Gasteiger charge is -2.38. The third-order valence-corrected chi connectivity index (χ3v) is 6.07. The number of aromatic nitrogens is 1. The van der Waals surface area contributed by atoms with Crippen LogP contribution in [-0.4, -0.2) is 52.9 Å². The van der Waals surface area contributed by atoms with Crippen molar-refractivity contribution in [3.8, 4) is 0 Å². The van der Waals surface area contributed by atoms with E-state index in [0.29, 0.717) is 25.0 Å². The predicted molar refractivity (Wildman–Crippen MR) is 111 cm³/mol. The van der Waals surface area contributed by atoms with Gasteiger partial charge in [-0.3, -0.25) is 14.7 Å². The number of amides is 1. The summed E-state index contributed by atoms with van der Waals surface area (Å²) < 4.78 is 0. The van der Waals surface area contributed by atoms with Crippen LogP contribution in [-0.2, 0) is 11.3 Å². The van der Waals surface area contributed by atoms with Crippen molar-refractivity contribution in [2.45, 2.75) is 38.4 Å². The molecular weight excluding hydrogens is 348 g/mol. The number of benzene rings is 1. The van der Waals surface area contributed by atoms with E-state index in [1.165, 1.54) is 24.0 Å². The molecule has 2 atom stereocenters. The molecule has 5 heteroatoms. The number of hydrogen-bond acceptors (Lipinski definition) is 4. The number of hydrogen-bond donors (Lipinski definition) is 1. The standard InChI is InChI=1S/C23H30N4O/c1-18(20-9-10-20)27(16-19-6-3-2-4-7-19)23(28)17-26-13-12-25-15-22(26)21-8-5-11-24-14-21/h2-8,11,14,18,20,22,25H,9-10,12-13,15-17H2,1H3. The number of pyridine rings is 1. The number of piperazine rings is 1. The van der Waals surface area contributed by atoms with E-state index in [1.807, 2.05) is 18.3 Å². The molecule has 2 fully saturated rings. The Hall–Kier alpha value is -2.24. The van der Waals surface area contributed by atoms with Crippen molar-refractivity contribution in [2.24, 2.45) is 5.92 Å². The van der Waals surface area contributed by atoms with Gasteiger partial charge in [-0.2, -0.15) is 0 Å². The van der Waals surface area contributed by atoms with E-state index in [-0.39, 0.29) is 11.9 Å². The molecule has 1 aliphatic carbocycles. The number of carbonyl (C=O) groups is 1. The first-order valence-electron chi connectivity index (χ1n) is 10.4. The first-order chi connectivity index (χ1) is 13.7. The van der Waals surface area contributed by atoms with E-state index in [9.17, 15) is 4.79 Å². The van der Waals surface area contributed by atoms with Gasteiger partial charge in [0.15, 0.2) is 0 Å². The zero-order chi connectivity index (χ0) is 19.3. The summed E-state index contributed by atoms with van der Waals surface area (Å²) in [4.78, 5) is 22.1. The summed E-state index contributed by atoms with van der Waals surface area (Å²) in [6.07, 6.45) is 6.20. The highest BCUT2D eigenvalue weighted by Crippen LogP contribution is 2.36. The molecule has 1 N–H and O–H groups in total. The van der Waals surface area contributed by atoms with Crippen molar-refractivity contribution in [1.29, 1.82) is 0 Å². The quantitative estimate of drug-likeness (QED) is 0.805. The van der Waals surface area contributed by atoms with Crippen LogP contribution in [0.2, 0.25) is 0 Å². The highest BCUT2D eigenvalue weighted by atomic mass is 16.2. The number of rotatable bonds is 7. The molecule has 1 saturated carbocycles. The Morgan fingerprint density at radius 2 is 2.07 bits per heavy atom. The highest BCUT2D eigenvalue weighted by molar-refractivity contribution is 5.78. The fourth-order valence-corrected chi connectivity index (χ4v) is 4.17. The lowest BCUT2D eigenvalue weighted by molar-refractivity contribution is -0.136. The molecule has 0 spiro atoms. The summed E-state index contributed by atoms with van der Waals surface area (Å²) in [5.41, 5.74) is 2.37. The summed E-state index contributed by atoms with van der Waals surface area (Å²) in [6.45, 7) is 6.03. The van der Waals surface area contributed by atoms with Crippen molar-refractivity contribution in [2.75, 3.05) is 26.2 Å². The fourth-order valence-electron chi connectivity index (χ4n) is 4.17. The van der Waals surface area contributed by atoms with Gasteiger partial charge >= 0.3 is 0 Å². The monoisotopic (exact) mass is 378 g/mol. The number of nitrogens with zero attached hydrogens (tertiary/aromatic N) is 3. The molecule has 0 bridgehead atoms. The minimum atomic E-state index is 0.196. The SMILES string of the molecule is CC(C1CC1)N(Cc1ccccc1)C(=O)CN1CCNCC1c1cccnc1. The van der Waals surface area contributed by atoms with Gasteiger partial charge < -0.3 is 10.2 Å². The van der Waals surface area contributed by atoms with Crippen LogP contribution in [0.1, 0.15) is 36.9 Å². The molecule has 2 aliphatic rings. The largest absolute Gasteiger partial charge is 0.334 e. The molecular formula is C23H30N4O. The van der Waals surface area contributed by atoms with Gasteiger partial charge in [-0.05, 0) is 42.9 Å². The predicted octanol–water partition coefficient (Wildman–Crippen LogP) is 2.86. The van der Waals surface area contributed by atoms with E-state index in [1.54, 1.807) is 6.20 Å². The van der Waals surface area contributed by atoms with Crippen molar-refractivity contribution in [1.82, 2.24) is 20.1 Å². The summed E-state index contributed by atoms with van der Waals surface area (Å²) in [7, 11) is 0. The molecule has 0 radical (unpaired) electrons. The van der Waals surface area contributed by atoms with Crippen LogP contribution >= 0.6 is 0 Å². The summed E-state index contributed by atoms with van der Waals surface area (Å²) >= 11 is 0. The van der Waals surface area contributed by atoms with Crippen LogP contribution in [0.15, 0.2) is 54.9 Å². The molecule has 1 aliphatic heterocycles. The molecule has 4 rings (SSSR count). The Balaban J connectivity index is 1.49. The van der Waals surface area contributed by atoms with E-state index in [0.717, 1.165) is 19.6 Å². The van der Waals surface area contributed by atoms with Gasteiger partial charge in [0, 0.05) is 50.7 Å². The molecule has 28 heavy (non-hydrogen) atoms. The average molecular weight is 379 g/mol. The second-order valence-electron chi connectivity index (χ2n) is 8.06. The topological polar surface area (TPSA) is 48.5 Å². The van der Waals surface area contributed by atoms with Crippen molar-refractivity contribution >= 4 is 5.91 Å². The first kappa shape index (κ1) is 19.1. The molecule has 1 aromatic heterocycles. The van der Waals surface area contributed by atoms with E-state index in [2.05, 4.69) is 57.4 Å². The van der Waals surface area contributed by atoms with Crippen molar-refractivity contribution in [3.63, 3.8) is 0 Å². The lowest BCUT2D eigenvalue weighted by atomic mass is 10.0. The summed E-state index contributed by atoms with van der Waals surface area (Å²) in [6, 6.07) is 14.9. The number of carbonyl (C=O) groups excluding carboxylic acids is 1. The van der Waals surface area contributed by atoms with Gasteiger partial charge in [0.05, 0.1) is 6.54 Å². The molecule has 5 nitrogen and oxygen atoms in total. The highest BCUT2D eigenvalue weighted by Gasteiger charge is 2.35. The van der Waals surface area contributed by atoms with E-state index >= 15 is 0 Å². The van der Waals surface area contributed by atoms with E-state index in [4.69, 9.17) is 0 Å². The normalized spacial score (nSPS) is 21.2. The zero-order valence-corrected chi connectivity index (χ0v) is 16.6. The van der Waals surface area contributed by atoms with Crippen LogP contribution in [0.4, 0.5) is 0 Å². The van der Waals surface area contributed by atoms with Gasteiger partial charge in [-0.1, -0.05) is 36.4 Å². The second-order valence-corrected chi connectivity index (χ2v) is 8.06. The second kappa shape index (κ2) is 8.84. The Labute approximate surface area is 167 Å². The van der Waals surface area contributed by atoms with Gasteiger partial charge in [-0.25, -0.2) is 0 Å². The summed E-state index contributed by atoms with van der Waals surface area (Å²) in [5, 5.41) is 3.46. The number of nitrogens with one attached hydrogen (secondary N) is 1. The molecule has 1 saturated heterocycles. The van der Waals surface area contributed by atoms with Gasteiger partial charge in [0.1, 0.15) is 0 Å². The Bertz CT molecular complexity index is 763. The third-order valence-electron chi connectivity index (χ3n) is 6.07. The zero-order valence-electron chi connectivity index (χ0n) is 16.6. The van der Waals surface area contributed by atoms with Gasteiger partial charge in [-0.15, -0.1) is 0 Å². The van der Waals surface area contributed by atoms with E-state index < -0.39 is 0 Å². The fraction of sp³-hybridized carbons (Fsp3) is 0.478. The van der Waals surface area contributed by atoms with Crippen LogP contribution in [0.5, 0.6) is 0 Å².